The Hall–Kier alpha value is -5.25. The molecule has 0 saturated carbocycles. The first-order chi connectivity index (χ1) is 23.9. The van der Waals surface area contributed by atoms with Crippen LogP contribution in [0.2, 0.25) is 5.02 Å². The lowest BCUT2D eigenvalue weighted by atomic mass is 9.94. The van der Waals surface area contributed by atoms with E-state index in [4.69, 9.17) is 30.8 Å². The van der Waals surface area contributed by atoms with Gasteiger partial charge in [0.2, 0.25) is 5.88 Å². The Morgan fingerprint density at radius 2 is 1.65 bits per heavy atom. The first kappa shape index (κ1) is 33.6. The van der Waals surface area contributed by atoms with E-state index >= 15 is 0 Å². The average Bonchev–Trinajstić information content (AvgIpc) is 3.13. The largest absolute Gasteiger partial charge is 0.493 e. The van der Waals surface area contributed by atoms with Gasteiger partial charge < -0.3 is 24.8 Å². The lowest BCUT2D eigenvalue weighted by molar-refractivity contribution is 0.286. The number of nitrogens with one attached hydrogen (secondary N) is 2. The van der Waals surface area contributed by atoms with Crippen molar-refractivity contribution in [3.8, 4) is 39.8 Å². The molecule has 49 heavy (non-hydrogen) atoms. The molecule has 0 bridgehead atoms. The number of anilines is 2. The highest BCUT2D eigenvalue weighted by molar-refractivity contribution is 6.31. The van der Waals surface area contributed by atoms with Crippen LogP contribution in [0.25, 0.3) is 33.3 Å². The van der Waals surface area contributed by atoms with E-state index in [0.717, 1.165) is 41.6 Å². The summed E-state index contributed by atoms with van der Waals surface area (Å²) in [5, 5.41) is 7.45. The van der Waals surface area contributed by atoms with Gasteiger partial charge in [-0.1, -0.05) is 66.2 Å². The van der Waals surface area contributed by atoms with Gasteiger partial charge in [0.15, 0.2) is 11.5 Å². The van der Waals surface area contributed by atoms with E-state index in [1.807, 2.05) is 18.2 Å². The molecule has 6 rings (SSSR count). The number of methoxy groups -OCH3 is 2. The van der Waals surface area contributed by atoms with Gasteiger partial charge in [0.1, 0.15) is 18.0 Å². The SMILES string of the molecule is COc1cc2ncnc(Nc3ccc(F)c(Cl)c3)c2cc1OCCCCNCc1ccc(-c2cccc(-c3ccccc3)c2C)nc1OC. The van der Waals surface area contributed by atoms with Gasteiger partial charge in [0.25, 0.3) is 0 Å². The molecule has 4 aromatic carbocycles. The number of pyridine rings is 1. The van der Waals surface area contributed by atoms with Crippen molar-refractivity contribution in [2.24, 2.45) is 0 Å². The summed E-state index contributed by atoms with van der Waals surface area (Å²) in [4.78, 5) is 13.6. The number of hydrogen-bond donors (Lipinski definition) is 2. The van der Waals surface area contributed by atoms with Crippen molar-refractivity contribution in [1.82, 2.24) is 20.3 Å². The second-order valence-electron chi connectivity index (χ2n) is 11.4. The number of nitrogens with zero attached hydrogens (tertiary/aromatic N) is 3. The summed E-state index contributed by atoms with van der Waals surface area (Å²) < 4.78 is 31.1. The minimum Gasteiger partial charge on any atom is -0.493 e. The van der Waals surface area contributed by atoms with Crippen molar-refractivity contribution in [2.75, 3.05) is 32.7 Å². The van der Waals surface area contributed by atoms with Gasteiger partial charge in [-0.3, -0.25) is 0 Å². The summed E-state index contributed by atoms with van der Waals surface area (Å²) in [5.41, 5.74) is 7.79. The molecule has 0 aliphatic rings. The fourth-order valence-electron chi connectivity index (χ4n) is 5.68. The Balaban J connectivity index is 1.03. The number of benzene rings is 4. The number of hydrogen-bond acceptors (Lipinski definition) is 8. The third-order valence-electron chi connectivity index (χ3n) is 8.25. The lowest BCUT2D eigenvalue weighted by Gasteiger charge is -2.15. The van der Waals surface area contributed by atoms with Gasteiger partial charge in [-0.25, -0.2) is 19.3 Å². The van der Waals surface area contributed by atoms with E-state index in [-0.39, 0.29) is 5.02 Å². The van der Waals surface area contributed by atoms with Crippen LogP contribution in [-0.2, 0) is 6.54 Å². The molecule has 0 radical (unpaired) electrons. The maximum atomic E-state index is 13.7. The maximum Gasteiger partial charge on any atom is 0.218 e. The van der Waals surface area contributed by atoms with E-state index in [1.54, 1.807) is 20.3 Å². The Bertz CT molecular complexity index is 2060. The van der Waals surface area contributed by atoms with Crippen molar-refractivity contribution in [1.29, 1.82) is 0 Å². The molecule has 6 aromatic rings. The highest BCUT2D eigenvalue weighted by Gasteiger charge is 2.14. The van der Waals surface area contributed by atoms with Crippen LogP contribution in [0.1, 0.15) is 24.0 Å². The van der Waals surface area contributed by atoms with Gasteiger partial charge in [0.05, 0.1) is 37.1 Å². The van der Waals surface area contributed by atoms with E-state index in [2.05, 4.69) is 82.1 Å². The molecule has 2 N–H and O–H groups in total. The molecule has 10 heteroatoms. The zero-order valence-corrected chi connectivity index (χ0v) is 28.4. The highest BCUT2D eigenvalue weighted by Crippen LogP contribution is 2.36. The molecule has 0 atom stereocenters. The Morgan fingerprint density at radius 1 is 0.816 bits per heavy atom. The van der Waals surface area contributed by atoms with Gasteiger partial charge in [-0.05, 0) is 73.3 Å². The fourth-order valence-corrected chi connectivity index (χ4v) is 5.86. The molecular formula is C39H37ClFN5O3. The standard InChI is InChI=1S/C39H37ClFN5O3/c1-25-29(26-10-5-4-6-11-26)12-9-13-30(25)34-17-14-27(39(46-34)48-3)23-42-18-7-8-19-49-37-21-31-35(22-36(37)47-2)43-24-44-38(31)45-28-15-16-33(41)32(40)20-28/h4-6,9-17,20-22,24,42H,7-8,18-19,23H2,1-3H3,(H,43,44,45). The molecule has 0 fully saturated rings. The first-order valence-corrected chi connectivity index (χ1v) is 16.4. The Kier molecular flexibility index (Phi) is 10.8. The molecule has 0 saturated heterocycles. The summed E-state index contributed by atoms with van der Waals surface area (Å²) in [7, 11) is 3.25. The predicted octanol–water partition coefficient (Wildman–Crippen LogP) is 9.17. The predicted molar refractivity (Wildman–Crippen MR) is 194 cm³/mol. The molecule has 2 heterocycles. The molecule has 0 aliphatic heterocycles. The summed E-state index contributed by atoms with van der Waals surface area (Å²) in [6.07, 6.45) is 3.18. The first-order valence-electron chi connectivity index (χ1n) is 16.0. The maximum absolute atomic E-state index is 13.7. The van der Waals surface area contributed by atoms with Gasteiger partial charge in [-0.2, -0.15) is 0 Å². The molecule has 0 amide bonds. The zero-order chi connectivity index (χ0) is 34.2. The Morgan fingerprint density at radius 3 is 2.45 bits per heavy atom. The van der Waals surface area contributed by atoms with Crippen molar-refractivity contribution in [3.05, 3.63) is 119 Å². The van der Waals surface area contributed by atoms with Crippen molar-refractivity contribution in [3.63, 3.8) is 0 Å². The zero-order valence-electron chi connectivity index (χ0n) is 27.6. The molecule has 0 spiro atoms. The molecule has 250 valence electrons. The summed E-state index contributed by atoms with van der Waals surface area (Å²) >= 11 is 5.97. The van der Waals surface area contributed by atoms with E-state index < -0.39 is 5.82 Å². The van der Waals surface area contributed by atoms with Gasteiger partial charge >= 0.3 is 0 Å². The second-order valence-corrected chi connectivity index (χ2v) is 11.8. The molecule has 0 aliphatic carbocycles. The third kappa shape index (κ3) is 7.91. The van der Waals surface area contributed by atoms with Crippen LogP contribution in [0.3, 0.4) is 0 Å². The van der Waals surface area contributed by atoms with Gasteiger partial charge in [-0.15, -0.1) is 0 Å². The minimum atomic E-state index is -0.488. The van der Waals surface area contributed by atoms with Crippen molar-refractivity contribution in [2.45, 2.75) is 26.3 Å². The number of aromatic nitrogens is 3. The van der Waals surface area contributed by atoms with Crippen LogP contribution in [0.4, 0.5) is 15.9 Å². The van der Waals surface area contributed by atoms with E-state index in [1.165, 1.54) is 35.2 Å². The van der Waals surface area contributed by atoms with Crippen LogP contribution in [0, 0.1) is 12.7 Å². The van der Waals surface area contributed by atoms with E-state index in [0.29, 0.717) is 47.6 Å². The van der Waals surface area contributed by atoms with E-state index in [9.17, 15) is 4.39 Å². The van der Waals surface area contributed by atoms with Crippen LogP contribution in [-0.4, -0.2) is 42.3 Å². The van der Waals surface area contributed by atoms with Crippen molar-refractivity contribution < 1.29 is 18.6 Å². The minimum absolute atomic E-state index is 0.0215. The average molecular weight is 678 g/mol. The smallest absolute Gasteiger partial charge is 0.218 e. The summed E-state index contributed by atoms with van der Waals surface area (Å²) in [6, 6.07) is 28.9. The third-order valence-corrected chi connectivity index (χ3v) is 8.54. The number of fused-ring (bicyclic) bond motifs is 1. The quantitative estimate of drug-likeness (QED) is 0.110. The topological polar surface area (TPSA) is 90.4 Å². The van der Waals surface area contributed by atoms with Crippen molar-refractivity contribution >= 4 is 34.0 Å². The molecule has 8 nitrogen and oxygen atoms in total. The van der Waals surface area contributed by atoms with Crippen LogP contribution < -0.4 is 24.8 Å². The summed E-state index contributed by atoms with van der Waals surface area (Å²) in [5.74, 6) is 1.82. The molecule has 2 aromatic heterocycles. The number of unbranched alkanes of at least 4 members (excludes halogenated alkanes) is 1. The van der Waals surface area contributed by atoms with Crippen LogP contribution in [0.5, 0.6) is 17.4 Å². The van der Waals surface area contributed by atoms with Crippen LogP contribution in [0.15, 0.2) is 97.3 Å². The second kappa shape index (κ2) is 15.8. The number of halogens is 2. The number of rotatable bonds is 14. The van der Waals surface area contributed by atoms with Gasteiger partial charge in [0, 0.05) is 34.8 Å². The molecular weight excluding hydrogens is 641 g/mol. The fraction of sp³-hybridized carbons (Fsp3) is 0.205. The Labute approximate surface area is 290 Å². The van der Waals surface area contributed by atoms with Crippen LogP contribution >= 0.6 is 11.6 Å². The lowest BCUT2D eigenvalue weighted by Crippen LogP contribution is -2.16. The number of ether oxygens (including phenoxy) is 3. The summed E-state index contributed by atoms with van der Waals surface area (Å²) in [6.45, 7) is 4.06. The molecule has 0 unspecified atom stereocenters. The normalized spacial score (nSPS) is 11.0. The monoisotopic (exact) mass is 677 g/mol. The highest BCUT2D eigenvalue weighted by atomic mass is 35.5.